The number of rotatable bonds is 1. The molecule has 1 aromatic carbocycles. The molecule has 2 aliphatic heterocycles. The fourth-order valence-corrected chi connectivity index (χ4v) is 4.48. The maximum absolute atomic E-state index is 6.02. The van der Waals surface area contributed by atoms with Gasteiger partial charge in [-0.25, -0.2) is 5.01 Å². The third-order valence-corrected chi connectivity index (χ3v) is 4.96. The molecule has 3 unspecified atom stereocenters. The topological polar surface area (TPSA) is 34.1 Å². The predicted molar refractivity (Wildman–Crippen MR) is 81.9 cm³/mol. The Morgan fingerprint density at radius 1 is 1.15 bits per heavy atom. The van der Waals surface area contributed by atoms with Crippen LogP contribution in [0.2, 0.25) is 0 Å². The lowest BCUT2D eigenvalue weighted by Gasteiger charge is -2.43. The van der Waals surface area contributed by atoms with Crippen molar-refractivity contribution in [3.05, 3.63) is 30.3 Å². The highest BCUT2D eigenvalue weighted by atomic mass is 27.2. The average molecular weight is 288 g/mol. The highest BCUT2D eigenvalue weighted by Gasteiger charge is 2.48. The molecule has 1 aromatic rings. The minimum Gasteiger partial charge on any atom is -0.478 e. The van der Waals surface area contributed by atoms with Gasteiger partial charge in [-0.15, -0.1) is 0 Å². The summed E-state index contributed by atoms with van der Waals surface area (Å²) in [4.78, 5) is 0. The van der Waals surface area contributed by atoms with Gasteiger partial charge in [0, 0.05) is 11.8 Å². The smallest absolute Gasteiger partial charge is 0.478 e. The number of hydrogen-bond donors (Lipinski definition) is 0. The summed E-state index contributed by atoms with van der Waals surface area (Å²) in [6.07, 6.45) is 0.187. The lowest BCUT2D eigenvalue weighted by molar-refractivity contribution is -0.0429. The van der Waals surface area contributed by atoms with Crippen LogP contribution in [0.3, 0.4) is 0 Å². The van der Waals surface area contributed by atoms with Gasteiger partial charge < -0.3 is 7.58 Å². The maximum Gasteiger partial charge on any atom is 0.651 e. The Morgan fingerprint density at radius 3 is 2.50 bits per heavy atom. The first-order chi connectivity index (χ1) is 9.48. The van der Waals surface area contributed by atoms with Crippen molar-refractivity contribution in [3.8, 4) is 0 Å². The Kier molecular flexibility index (Phi) is 3.64. The summed E-state index contributed by atoms with van der Waals surface area (Å²) in [6, 6.07) is 10.2. The molecule has 1 saturated heterocycles. The highest BCUT2D eigenvalue weighted by molar-refractivity contribution is 6.19. The standard InChI is InChI=1S/C15H20N2O2.Al.H/c1-10-12(13(18)15(2,3)4)14(19)17(16-10)11-8-6-5-7-9-11;;/h5-9,12-14H,1-4H3;;/q-2;+2;. The van der Waals surface area contributed by atoms with Crippen LogP contribution >= 0.6 is 0 Å². The summed E-state index contributed by atoms with van der Waals surface area (Å²) in [7, 11) is 0. The first kappa shape index (κ1) is 14.1. The molecule has 106 valence electrons. The van der Waals surface area contributed by atoms with Crippen molar-refractivity contribution in [2.75, 3.05) is 5.01 Å². The summed E-state index contributed by atoms with van der Waals surface area (Å²) in [5, 5.41) is 6.76. The van der Waals surface area contributed by atoms with Crippen molar-refractivity contribution in [1.82, 2.24) is 0 Å². The molecule has 1 fully saturated rings. The van der Waals surface area contributed by atoms with E-state index in [1.807, 2.05) is 23.2 Å². The molecule has 5 heteroatoms. The number of nitrogens with zero attached hydrogens (tertiary/aromatic N) is 2. The zero-order valence-electron chi connectivity index (χ0n) is 12.5. The number of hydrazone groups is 1. The number of fused-ring (bicyclic) bond motifs is 1. The van der Waals surface area contributed by atoms with Gasteiger partial charge in [-0.2, -0.15) is 5.10 Å². The minimum absolute atomic E-state index is 0.00189. The van der Waals surface area contributed by atoms with Gasteiger partial charge in [0.2, 0.25) is 0 Å². The van der Waals surface area contributed by atoms with Crippen LogP contribution in [0, 0.1) is 11.3 Å². The van der Waals surface area contributed by atoms with Crippen molar-refractivity contribution in [3.63, 3.8) is 0 Å². The molecule has 0 radical (unpaired) electrons. The molecule has 0 N–H and O–H groups in total. The van der Waals surface area contributed by atoms with E-state index < -0.39 is 15.9 Å². The van der Waals surface area contributed by atoms with Crippen LogP contribution in [0.5, 0.6) is 0 Å². The lowest BCUT2D eigenvalue weighted by atomic mass is 9.79. The molecular weight excluding hydrogens is 267 g/mol. The van der Waals surface area contributed by atoms with Crippen LogP contribution in [0.4, 0.5) is 5.69 Å². The van der Waals surface area contributed by atoms with Crippen molar-refractivity contribution in [2.24, 2.45) is 16.4 Å². The van der Waals surface area contributed by atoms with Gasteiger partial charge >= 0.3 is 15.9 Å². The van der Waals surface area contributed by atoms with Crippen LogP contribution in [0.25, 0.3) is 0 Å². The van der Waals surface area contributed by atoms with E-state index in [0.717, 1.165) is 11.4 Å². The Morgan fingerprint density at radius 2 is 1.85 bits per heavy atom. The van der Waals surface area contributed by atoms with Gasteiger partial charge in [-0.3, -0.25) is 0 Å². The summed E-state index contributed by atoms with van der Waals surface area (Å²) in [5.41, 5.74) is 2.29. The molecule has 0 saturated carbocycles. The van der Waals surface area contributed by atoms with E-state index in [4.69, 9.17) is 12.7 Å². The molecule has 2 aliphatic rings. The van der Waals surface area contributed by atoms with E-state index in [1.165, 1.54) is 0 Å². The largest absolute Gasteiger partial charge is 0.651 e. The third-order valence-electron chi connectivity index (χ3n) is 3.98. The van der Waals surface area contributed by atoms with Crippen molar-refractivity contribution in [2.45, 2.75) is 40.0 Å². The van der Waals surface area contributed by atoms with Gasteiger partial charge in [-0.05, 0) is 24.5 Å². The van der Waals surface area contributed by atoms with Crippen molar-refractivity contribution in [1.29, 1.82) is 0 Å². The Hall–Kier alpha value is -0.858. The lowest BCUT2D eigenvalue weighted by Crippen LogP contribution is -2.53. The highest BCUT2D eigenvalue weighted by Crippen LogP contribution is 2.40. The summed E-state index contributed by atoms with van der Waals surface area (Å²) < 4.78 is 12.0. The molecule has 0 aliphatic carbocycles. The summed E-state index contributed by atoms with van der Waals surface area (Å²) >= 11 is -0.943. The first-order valence-electron chi connectivity index (χ1n) is 7.11. The second kappa shape index (κ2) is 5.16. The molecule has 0 aromatic heterocycles. The van der Waals surface area contributed by atoms with Gasteiger partial charge in [0.05, 0.1) is 11.6 Å². The second-order valence-electron chi connectivity index (χ2n) is 6.58. The van der Waals surface area contributed by atoms with E-state index in [9.17, 15) is 0 Å². The van der Waals surface area contributed by atoms with Crippen molar-refractivity contribution >= 4 is 27.3 Å². The number of para-hydroxylation sites is 1. The summed E-state index contributed by atoms with van der Waals surface area (Å²) in [6.45, 7) is 8.77. The molecule has 4 nitrogen and oxygen atoms in total. The van der Waals surface area contributed by atoms with E-state index in [2.05, 4.69) is 39.8 Å². The number of hydrogen-bond acceptors (Lipinski definition) is 4. The molecule has 0 spiro atoms. The zero-order chi connectivity index (χ0) is 14.3. The van der Waals surface area contributed by atoms with Crippen LogP contribution in [-0.2, 0) is 7.58 Å². The normalized spacial score (nSPS) is 29.7. The summed E-state index contributed by atoms with van der Waals surface area (Å²) in [5.74, 6) is 0.219. The van der Waals surface area contributed by atoms with Crippen molar-refractivity contribution < 1.29 is 7.58 Å². The average Bonchev–Trinajstić information content (AvgIpc) is 2.76. The van der Waals surface area contributed by atoms with E-state index in [-0.39, 0.29) is 23.7 Å². The maximum atomic E-state index is 6.02. The van der Waals surface area contributed by atoms with Gasteiger partial charge in [0.1, 0.15) is 6.23 Å². The third kappa shape index (κ3) is 2.40. The second-order valence-corrected chi connectivity index (χ2v) is 7.48. The fourth-order valence-electron chi connectivity index (χ4n) is 3.05. The minimum atomic E-state index is -0.943. The van der Waals surface area contributed by atoms with Gasteiger partial charge in [-0.1, -0.05) is 39.0 Å². The van der Waals surface area contributed by atoms with Crippen LogP contribution in [0.1, 0.15) is 27.7 Å². The molecule has 3 rings (SSSR count). The molecule has 20 heavy (non-hydrogen) atoms. The molecule has 0 bridgehead atoms. The van der Waals surface area contributed by atoms with Gasteiger partial charge in [0.15, 0.2) is 0 Å². The SMILES string of the molecule is CC1=NN(c2ccccc2)C2[O][AlH][O]C(C(C)(C)C)C12. The number of anilines is 1. The van der Waals surface area contributed by atoms with Crippen LogP contribution < -0.4 is 5.01 Å². The predicted octanol–water partition coefficient (Wildman–Crippen LogP) is 2.55. The van der Waals surface area contributed by atoms with E-state index >= 15 is 0 Å². The monoisotopic (exact) mass is 288 g/mol. The fraction of sp³-hybridized carbons (Fsp3) is 0.533. The van der Waals surface area contributed by atoms with Crippen LogP contribution in [-0.4, -0.2) is 33.9 Å². The van der Waals surface area contributed by atoms with E-state index in [0.29, 0.717) is 0 Å². The number of benzene rings is 1. The molecule has 2 heterocycles. The van der Waals surface area contributed by atoms with E-state index in [1.54, 1.807) is 0 Å². The van der Waals surface area contributed by atoms with Gasteiger partial charge in [0.25, 0.3) is 0 Å². The first-order valence-corrected chi connectivity index (χ1v) is 8.26. The molecule has 0 amide bonds. The Bertz CT molecular complexity index is 512. The van der Waals surface area contributed by atoms with Crippen LogP contribution in [0.15, 0.2) is 35.4 Å². The zero-order valence-corrected chi connectivity index (χ0v) is 14.0. The molecular formula is C15H21AlN2O2. The quantitative estimate of drug-likeness (QED) is 0.745. The molecule has 3 atom stereocenters. The Balaban J connectivity index is 1.93. The Labute approximate surface area is 127 Å².